The number of fused-ring (bicyclic) bond motifs is 1. The summed E-state index contributed by atoms with van der Waals surface area (Å²) in [6.07, 6.45) is 7.75. The lowest BCUT2D eigenvalue weighted by molar-refractivity contribution is 0.174. The van der Waals surface area contributed by atoms with Gasteiger partial charge in [0, 0.05) is 49.1 Å². The number of methoxy groups -OCH3 is 1. The molecule has 2 aliphatic rings. The van der Waals surface area contributed by atoms with Crippen molar-refractivity contribution in [1.82, 2.24) is 29.7 Å². The Kier molecular flexibility index (Phi) is 10.3. The highest BCUT2D eigenvalue weighted by Crippen LogP contribution is 2.41. The van der Waals surface area contributed by atoms with Gasteiger partial charge in [-0.15, -0.1) is 0 Å². The first-order valence-electron chi connectivity index (χ1n) is 16.4. The predicted molar refractivity (Wildman–Crippen MR) is 196 cm³/mol. The number of para-hydroxylation sites is 1. The Morgan fingerprint density at radius 1 is 0.979 bits per heavy atom. The topological polar surface area (TPSA) is 112 Å². The third-order valence-corrected chi connectivity index (χ3v) is 11.3. The van der Waals surface area contributed by atoms with Crippen LogP contribution in [0.5, 0.6) is 5.88 Å². The number of anilines is 5. The first-order valence-corrected chi connectivity index (χ1v) is 19.8. The van der Waals surface area contributed by atoms with E-state index < -0.39 is 7.14 Å². The second kappa shape index (κ2) is 14.4. The number of aryl methyl sites for hydroxylation is 1. The Hall–Kier alpha value is -3.31. The van der Waals surface area contributed by atoms with E-state index in [2.05, 4.69) is 71.3 Å². The van der Waals surface area contributed by atoms with Gasteiger partial charge in [0.05, 0.1) is 29.0 Å². The van der Waals surface area contributed by atoms with Crippen molar-refractivity contribution in [1.29, 1.82) is 0 Å². The van der Waals surface area contributed by atoms with Crippen LogP contribution in [0.15, 0.2) is 47.2 Å². The molecule has 0 bridgehead atoms. The van der Waals surface area contributed by atoms with Gasteiger partial charge in [0.15, 0.2) is 0 Å². The van der Waals surface area contributed by atoms with E-state index in [1.807, 2.05) is 24.3 Å². The lowest BCUT2D eigenvalue weighted by Gasteiger charge is -2.39. The van der Waals surface area contributed by atoms with Crippen molar-refractivity contribution < 1.29 is 9.30 Å². The first kappa shape index (κ1) is 33.6. The van der Waals surface area contributed by atoms with Gasteiger partial charge in [0.2, 0.25) is 11.8 Å². The van der Waals surface area contributed by atoms with Crippen LogP contribution in [-0.4, -0.2) is 103 Å². The van der Waals surface area contributed by atoms with Gasteiger partial charge in [-0.3, -0.25) is 9.88 Å². The van der Waals surface area contributed by atoms with E-state index in [4.69, 9.17) is 14.7 Å². The Morgan fingerprint density at radius 3 is 2.51 bits per heavy atom. The molecule has 4 aromatic rings. The van der Waals surface area contributed by atoms with Gasteiger partial charge in [-0.25, -0.2) is 4.98 Å². The molecule has 13 heteroatoms. The molecule has 1 aromatic carbocycles. The lowest BCUT2D eigenvalue weighted by Crippen LogP contribution is -2.46. The van der Waals surface area contributed by atoms with E-state index in [0.717, 1.165) is 73.0 Å². The second-order valence-corrected chi connectivity index (χ2v) is 16.8. The van der Waals surface area contributed by atoms with Gasteiger partial charge >= 0.3 is 0 Å². The van der Waals surface area contributed by atoms with E-state index >= 15 is 0 Å². The Labute approximate surface area is 286 Å². The molecule has 5 heterocycles. The van der Waals surface area contributed by atoms with Crippen LogP contribution < -0.4 is 25.6 Å². The molecule has 0 amide bonds. The van der Waals surface area contributed by atoms with Gasteiger partial charge in [-0.1, -0.05) is 25.1 Å². The molecule has 2 N–H and O–H groups in total. The summed E-state index contributed by atoms with van der Waals surface area (Å²) in [6.45, 7) is 12.3. The number of pyridine rings is 2. The second-order valence-electron chi connectivity index (χ2n) is 12.8. The van der Waals surface area contributed by atoms with Crippen LogP contribution in [0.25, 0.3) is 10.9 Å². The highest BCUT2D eigenvalue weighted by Gasteiger charge is 2.28. The standard InChI is InChI=1S/C34H45BrN9O2P/c1-6-23-20-28(33(46-3)41-32(23)44-16-12-24(13-17-44)43-15-9-14-42(2)18-19-43)39-34-37-21-26(35)31(40-34)38-29-22-36-27-11-8-7-10-25(27)30(29)47(4,5)45/h7-8,10-11,20-22,24H,6,9,12-19H2,1-5H3,(H2,37,38,39,40). The number of rotatable bonds is 9. The lowest BCUT2D eigenvalue weighted by atomic mass is 10.0. The zero-order valence-corrected chi connectivity index (χ0v) is 30.4. The van der Waals surface area contributed by atoms with E-state index in [0.29, 0.717) is 39.5 Å². The summed E-state index contributed by atoms with van der Waals surface area (Å²) in [5, 5.41) is 8.31. The fourth-order valence-corrected chi connectivity index (χ4v) is 8.50. The number of benzene rings is 1. The van der Waals surface area contributed by atoms with Crippen molar-refractivity contribution in [3.63, 3.8) is 0 Å². The number of hydrogen-bond donors (Lipinski definition) is 2. The van der Waals surface area contributed by atoms with Gasteiger partial charge in [0.25, 0.3) is 0 Å². The molecule has 6 rings (SSSR count). The third kappa shape index (κ3) is 7.56. The number of likely N-dealkylation sites (N-methyl/N-ethyl adjacent to an activating group) is 1. The van der Waals surface area contributed by atoms with E-state index in [-0.39, 0.29) is 0 Å². The molecule has 250 valence electrons. The number of nitrogens with zero attached hydrogens (tertiary/aromatic N) is 7. The average molecular weight is 723 g/mol. The summed E-state index contributed by atoms with van der Waals surface area (Å²) >= 11 is 3.59. The summed E-state index contributed by atoms with van der Waals surface area (Å²) in [5.41, 5.74) is 3.29. The Morgan fingerprint density at radius 2 is 1.77 bits per heavy atom. The maximum atomic E-state index is 13.5. The molecule has 2 aliphatic heterocycles. The van der Waals surface area contributed by atoms with Crippen LogP contribution >= 0.6 is 23.1 Å². The first-order chi connectivity index (χ1) is 22.6. The summed E-state index contributed by atoms with van der Waals surface area (Å²) in [5.74, 6) is 2.38. The number of piperidine rings is 1. The summed E-state index contributed by atoms with van der Waals surface area (Å²) in [6, 6.07) is 10.5. The maximum Gasteiger partial charge on any atom is 0.239 e. The van der Waals surface area contributed by atoms with Crippen LogP contribution in [0.3, 0.4) is 0 Å². The zero-order chi connectivity index (χ0) is 33.1. The molecule has 11 nitrogen and oxygen atoms in total. The number of hydrogen-bond acceptors (Lipinski definition) is 11. The van der Waals surface area contributed by atoms with Crippen molar-refractivity contribution in [3.8, 4) is 5.88 Å². The van der Waals surface area contributed by atoms with Crippen molar-refractivity contribution in [2.45, 2.75) is 38.6 Å². The molecule has 0 atom stereocenters. The monoisotopic (exact) mass is 721 g/mol. The van der Waals surface area contributed by atoms with Gasteiger partial charge in [0.1, 0.15) is 24.5 Å². The fraction of sp³-hybridized carbons (Fsp3) is 0.471. The van der Waals surface area contributed by atoms with E-state index in [1.165, 1.54) is 19.5 Å². The minimum absolute atomic E-state index is 0.376. The maximum absolute atomic E-state index is 13.5. The summed E-state index contributed by atoms with van der Waals surface area (Å²) in [7, 11) is 1.19. The molecule has 0 unspecified atom stereocenters. The molecule has 0 spiro atoms. The Bertz CT molecular complexity index is 1780. The molecule has 2 saturated heterocycles. The van der Waals surface area contributed by atoms with Gasteiger partial charge in [-0.2, -0.15) is 9.97 Å². The number of aromatic nitrogens is 4. The highest BCUT2D eigenvalue weighted by atomic mass is 79.9. The highest BCUT2D eigenvalue weighted by molar-refractivity contribution is 9.10. The summed E-state index contributed by atoms with van der Waals surface area (Å²) in [4.78, 5) is 26.5. The quantitative estimate of drug-likeness (QED) is 0.196. The molecule has 3 aromatic heterocycles. The molecular weight excluding hydrogens is 677 g/mol. The molecule has 0 radical (unpaired) electrons. The number of halogens is 1. The zero-order valence-electron chi connectivity index (χ0n) is 28.0. The van der Waals surface area contributed by atoms with Crippen LogP contribution in [0.4, 0.5) is 29.0 Å². The van der Waals surface area contributed by atoms with E-state index in [9.17, 15) is 4.57 Å². The molecule has 0 aliphatic carbocycles. The van der Waals surface area contributed by atoms with Crippen molar-refractivity contribution >= 4 is 68.2 Å². The normalized spacial score (nSPS) is 17.1. The number of nitrogens with one attached hydrogen (secondary N) is 2. The van der Waals surface area contributed by atoms with Crippen molar-refractivity contribution in [2.75, 3.05) is 82.3 Å². The molecule has 47 heavy (non-hydrogen) atoms. The van der Waals surface area contributed by atoms with Crippen LogP contribution in [-0.2, 0) is 11.0 Å². The van der Waals surface area contributed by atoms with Gasteiger partial charge in [-0.05, 0) is 92.8 Å². The summed E-state index contributed by atoms with van der Waals surface area (Å²) < 4.78 is 19.9. The van der Waals surface area contributed by atoms with E-state index in [1.54, 1.807) is 32.8 Å². The minimum atomic E-state index is -2.68. The fourth-order valence-electron chi connectivity index (χ4n) is 6.74. The minimum Gasteiger partial charge on any atom is -0.479 e. The van der Waals surface area contributed by atoms with Crippen LogP contribution in [0, 0.1) is 0 Å². The molecular formula is C34H45BrN9O2P. The molecule has 2 fully saturated rings. The Balaban J connectivity index is 1.22. The van der Waals surface area contributed by atoms with Crippen molar-refractivity contribution in [2.24, 2.45) is 0 Å². The van der Waals surface area contributed by atoms with Crippen LogP contribution in [0.2, 0.25) is 0 Å². The SMILES string of the molecule is CCc1cc(Nc2ncc(Br)c(Nc3cnc4ccccc4c3P(C)(C)=O)n2)c(OC)nc1N1CCC(N2CCCN(C)CC2)CC1. The predicted octanol–water partition coefficient (Wildman–Crippen LogP) is 6.09. The third-order valence-electron chi connectivity index (χ3n) is 9.18. The van der Waals surface area contributed by atoms with Gasteiger partial charge < -0.3 is 29.7 Å². The molecule has 0 saturated carbocycles. The smallest absolute Gasteiger partial charge is 0.239 e. The average Bonchev–Trinajstić information content (AvgIpc) is 3.29. The number of ether oxygens (including phenoxy) is 1. The van der Waals surface area contributed by atoms with Crippen molar-refractivity contribution in [3.05, 3.63) is 52.8 Å². The van der Waals surface area contributed by atoms with Crippen LogP contribution in [0.1, 0.15) is 31.7 Å². The largest absolute Gasteiger partial charge is 0.479 e.